The molecule has 27 heavy (non-hydrogen) atoms. The van der Waals surface area contributed by atoms with Crippen molar-refractivity contribution in [2.75, 3.05) is 5.32 Å². The average molecular weight is 357 g/mol. The standard InChI is InChI=1S/C24H20FNO/c1-14-12-19-22-18-5-3-2-4-15(18)8-11-20(22)26-24(23(19)21(27)13-14)16-6-9-17(25)10-7-16/h2-11,14,24,26H,12-13H2,1H3/t14-,24+/m1/s1. The first-order valence-electron chi connectivity index (χ1n) is 9.42. The minimum atomic E-state index is -0.265. The lowest BCUT2D eigenvalue weighted by molar-refractivity contribution is -0.116. The highest BCUT2D eigenvalue weighted by molar-refractivity contribution is 6.12. The van der Waals surface area contributed by atoms with Crippen LogP contribution in [0.4, 0.5) is 10.1 Å². The Hall–Kier alpha value is -2.94. The minimum Gasteiger partial charge on any atom is -0.373 e. The van der Waals surface area contributed by atoms with Crippen molar-refractivity contribution in [2.45, 2.75) is 25.8 Å². The van der Waals surface area contributed by atoms with Gasteiger partial charge in [-0.05, 0) is 52.4 Å². The number of carbonyl (C=O) groups excluding carboxylic acids is 1. The van der Waals surface area contributed by atoms with E-state index in [1.807, 2.05) is 12.1 Å². The van der Waals surface area contributed by atoms with Gasteiger partial charge in [0, 0.05) is 23.2 Å². The van der Waals surface area contributed by atoms with Gasteiger partial charge in [0.2, 0.25) is 0 Å². The van der Waals surface area contributed by atoms with E-state index in [2.05, 4.69) is 36.5 Å². The largest absolute Gasteiger partial charge is 0.373 e. The third-order valence-electron chi connectivity index (χ3n) is 5.73. The van der Waals surface area contributed by atoms with Crippen LogP contribution in [0.1, 0.15) is 36.9 Å². The monoisotopic (exact) mass is 357 g/mol. The normalized spacial score (nSPS) is 21.6. The van der Waals surface area contributed by atoms with Crippen molar-refractivity contribution >= 4 is 27.8 Å². The molecule has 1 heterocycles. The zero-order chi connectivity index (χ0) is 18.5. The number of rotatable bonds is 1. The lowest BCUT2D eigenvalue weighted by Crippen LogP contribution is -2.29. The van der Waals surface area contributed by atoms with E-state index in [4.69, 9.17) is 0 Å². The Bertz CT molecular complexity index is 1100. The first kappa shape index (κ1) is 16.2. The fourth-order valence-electron chi connectivity index (χ4n) is 4.55. The molecule has 0 aromatic heterocycles. The van der Waals surface area contributed by atoms with Crippen molar-refractivity contribution in [2.24, 2.45) is 5.92 Å². The molecule has 3 aromatic rings. The van der Waals surface area contributed by atoms with E-state index in [0.29, 0.717) is 12.3 Å². The first-order valence-corrected chi connectivity index (χ1v) is 9.42. The third kappa shape index (κ3) is 2.57. The van der Waals surface area contributed by atoms with Gasteiger partial charge in [-0.15, -0.1) is 0 Å². The number of anilines is 1. The summed E-state index contributed by atoms with van der Waals surface area (Å²) in [5.41, 5.74) is 5.12. The maximum Gasteiger partial charge on any atom is 0.161 e. The predicted octanol–water partition coefficient (Wildman–Crippen LogP) is 5.90. The van der Waals surface area contributed by atoms with Gasteiger partial charge in [0.15, 0.2) is 5.78 Å². The highest BCUT2D eigenvalue weighted by Gasteiger charge is 2.36. The van der Waals surface area contributed by atoms with Crippen molar-refractivity contribution in [1.82, 2.24) is 0 Å². The van der Waals surface area contributed by atoms with Crippen LogP contribution in [0.5, 0.6) is 0 Å². The average Bonchev–Trinajstić information content (AvgIpc) is 2.67. The van der Waals surface area contributed by atoms with Crippen LogP contribution in [0.25, 0.3) is 16.3 Å². The summed E-state index contributed by atoms with van der Waals surface area (Å²) in [6.45, 7) is 2.14. The van der Waals surface area contributed by atoms with E-state index in [9.17, 15) is 9.18 Å². The zero-order valence-corrected chi connectivity index (χ0v) is 15.1. The van der Waals surface area contributed by atoms with Gasteiger partial charge in [-0.3, -0.25) is 4.79 Å². The number of allylic oxidation sites excluding steroid dienone is 1. The Kier molecular flexibility index (Phi) is 3.64. The topological polar surface area (TPSA) is 29.1 Å². The summed E-state index contributed by atoms with van der Waals surface area (Å²) in [6, 6.07) is 18.8. The number of fused-ring (bicyclic) bond motifs is 4. The van der Waals surface area contributed by atoms with Gasteiger partial charge in [-0.25, -0.2) is 4.39 Å². The molecule has 2 atom stereocenters. The quantitative estimate of drug-likeness (QED) is 0.587. The van der Waals surface area contributed by atoms with Gasteiger partial charge >= 0.3 is 0 Å². The van der Waals surface area contributed by atoms with Gasteiger partial charge in [0.05, 0.1) is 6.04 Å². The Morgan fingerprint density at radius 3 is 2.56 bits per heavy atom. The number of ketones is 1. The van der Waals surface area contributed by atoms with Crippen LogP contribution in [0.3, 0.4) is 0 Å². The molecule has 0 saturated heterocycles. The molecular formula is C24H20FNO. The molecule has 1 aliphatic heterocycles. The zero-order valence-electron chi connectivity index (χ0n) is 15.1. The van der Waals surface area contributed by atoms with E-state index < -0.39 is 0 Å². The molecule has 1 N–H and O–H groups in total. The van der Waals surface area contributed by atoms with Gasteiger partial charge in [-0.1, -0.05) is 49.4 Å². The van der Waals surface area contributed by atoms with Gasteiger partial charge in [0.25, 0.3) is 0 Å². The molecule has 0 fully saturated rings. The number of hydrogen-bond acceptors (Lipinski definition) is 2. The lowest BCUT2D eigenvalue weighted by Gasteiger charge is -2.36. The Morgan fingerprint density at radius 2 is 1.74 bits per heavy atom. The van der Waals surface area contributed by atoms with Crippen molar-refractivity contribution in [3.8, 4) is 0 Å². The van der Waals surface area contributed by atoms with E-state index in [1.54, 1.807) is 12.1 Å². The summed E-state index contributed by atoms with van der Waals surface area (Å²) in [5, 5.41) is 5.92. The van der Waals surface area contributed by atoms with E-state index in [0.717, 1.165) is 34.4 Å². The van der Waals surface area contributed by atoms with E-state index in [-0.39, 0.29) is 17.6 Å². The summed E-state index contributed by atoms with van der Waals surface area (Å²) in [6.07, 6.45) is 1.46. The fourth-order valence-corrected chi connectivity index (χ4v) is 4.55. The van der Waals surface area contributed by atoms with Gasteiger partial charge in [-0.2, -0.15) is 0 Å². The molecule has 0 amide bonds. The summed E-state index contributed by atoms with van der Waals surface area (Å²) >= 11 is 0. The Labute approximate surface area is 157 Å². The lowest BCUT2D eigenvalue weighted by atomic mass is 9.74. The number of nitrogens with one attached hydrogen (secondary N) is 1. The van der Waals surface area contributed by atoms with Crippen LogP contribution < -0.4 is 5.32 Å². The first-order chi connectivity index (χ1) is 13.1. The molecule has 0 bridgehead atoms. The van der Waals surface area contributed by atoms with Crippen molar-refractivity contribution < 1.29 is 9.18 Å². The summed E-state index contributed by atoms with van der Waals surface area (Å²) < 4.78 is 13.4. The molecule has 3 heteroatoms. The maximum absolute atomic E-state index is 13.4. The highest BCUT2D eigenvalue weighted by atomic mass is 19.1. The fraction of sp³-hybridized carbons (Fsp3) is 0.208. The maximum atomic E-state index is 13.4. The predicted molar refractivity (Wildman–Crippen MR) is 107 cm³/mol. The Balaban J connectivity index is 1.78. The molecule has 0 saturated carbocycles. The van der Waals surface area contributed by atoms with Crippen LogP contribution >= 0.6 is 0 Å². The van der Waals surface area contributed by atoms with Crippen molar-refractivity contribution in [3.05, 3.63) is 83.2 Å². The minimum absolute atomic E-state index is 0.198. The van der Waals surface area contributed by atoms with Crippen molar-refractivity contribution in [3.63, 3.8) is 0 Å². The second kappa shape index (κ2) is 6.05. The van der Waals surface area contributed by atoms with Crippen LogP contribution in [-0.4, -0.2) is 5.78 Å². The molecular weight excluding hydrogens is 337 g/mol. The second-order valence-corrected chi connectivity index (χ2v) is 7.67. The van der Waals surface area contributed by atoms with Gasteiger partial charge in [0.1, 0.15) is 5.82 Å². The SMILES string of the molecule is C[C@H]1CC(=O)C2=C(C1)c1c(ccc3ccccc13)N[C@H]2c1ccc(F)cc1. The molecule has 5 rings (SSSR count). The molecule has 0 radical (unpaired) electrons. The number of halogens is 1. The van der Waals surface area contributed by atoms with Crippen molar-refractivity contribution in [1.29, 1.82) is 0 Å². The molecule has 3 aromatic carbocycles. The highest BCUT2D eigenvalue weighted by Crippen LogP contribution is 2.48. The number of carbonyl (C=O) groups is 1. The molecule has 134 valence electrons. The third-order valence-corrected chi connectivity index (χ3v) is 5.73. The number of benzene rings is 3. The van der Waals surface area contributed by atoms with Gasteiger partial charge < -0.3 is 5.32 Å². The number of hydrogen-bond donors (Lipinski definition) is 1. The molecule has 0 unspecified atom stereocenters. The smallest absolute Gasteiger partial charge is 0.161 e. The second-order valence-electron chi connectivity index (χ2n) is 7.67. The van der Waals surface area contributed by atoms with Crippen LogP contribution in [0, 0.1) is 11.7 Å². The van der Waals surface area contributed by atoms with Crippen LogP contribution in [0.2, 0.25) is 0 Å². The molecule has 0 spiro atoms. The van der Waals surface area contributed by atoms with E-state index in [1.165, 1.54) is 22.9 Å². The van der Waals surface area contributed by atoms with Crippen LogP contribution in [-0.2, 0) is 4.79 Å². The molecule has 2 aliphatic rings. The number of Topliss-reactive ketones (excluding diaryl/α,β-unsaturated/α-hetero) is 1. The van der Waals surface area contributed by atoms with E-state index >= 15 is 0 Å². The summed E-state index contributed by atoms with van der Waals surface area (Å²) in [5.74, 6) is 0.262. The Morgan fingerprint density at radius 1 is 0.963 bits per heavy atom. The summed E-state index contributed by atoms with van der Waals surface area (Å²) in [7, 11) is 0. The summed E-state index contributed by atoms with van der Waals surface area (Å²) in [4.78, 5) is 13.1. The molecule has 1 aliphatic carbocycles. The molecule has 2 nitrogen and oxygen atoms in total. The van der Waals surface area contributed by atoms with Crippen LogP contribution in [0.15, 0.2) is 66.2 Å².